The van der Waals surface area contributed by atoms with Gasteiger partial charge in [-0.15, -0.1) is 0 Å². The molecule has 6 heteroatoms. The molecule has 0 atom stereocenters. The van der Waals surface area contributed by atoms with Crippen LogP contribution in [0.3, 0.4) is 0 Å². The second-order valence-corrected chi connectivity index (χ2v) is 8.56. The van der Waals surface area contributed by atoms with Crippen LogP contribution in [-0.4, -0.2) is 48.8 Å². The zero-order valence-electron chi connectivity index (χ0n) is 13.6. The van der Waals surface area contributed by atoms with Crippen LogP contribution in [0.4, 0.5) is 0 Å². The standard InChI is InChI=1S/C19H18N2O3S/c22-19(21-8-10-25(23,24)11-9-21)18-13-20-12-17(18)16-7-3-5-14-4-1-2-6-15(14)16/h1-7,12-13,20H,8-11H2. The second-order valence-electron chi connectivity index (χ2n) is 6.25. The monoisotopic (exact) mass is 354 g/mol. The highest BCUT2D eigenvalue weighted by atomic mass is 32.2. The first-order valence-electron chi connectivity index (χ1n) is 8.20. The van der Waals surface area contributed by atoms with Crippen molar-refractivity contribution in [1.82, 2.24) is 9.88 Å². The van der Waals surface area contributed by atoms with Gasteiger partial charge in [0.05, 0.1) is 17.1 Å². The van der Waals surface area contributed by atoms with Gasteiger partial charge in [-0.3, -0.25) is 4.79 Å². The molecule has 2 aromatic carbocycles. The number of hydrogen-bond donors (Lipinski definition) is 1. The number of hydrogen-bond acceptors (Lipinski definition) is 3. The van der Waals surface area contributed by atoms with Crippen LogP contribution in [0.5, 0.6) is 0 Å². The lowest BCUT2D eigenvalue weighted by molar-refractivity contribution is 0.0771. The van der Waals surface area contributed by atoms with Crippen molar-refractivity contribution in [3.63, 3.8) is 0 Å². The molecular weight excluding hydrogens is 336 g/mol. The van der Waals surface area contributed by atoms with Crippen LogP contribution in [0.15, 0.2) is 54.9 Å². The van der Waals surface area contributed by atoms with Crippen molar-refractivity contribution in [2.75, 3.05) is 24.6 Å². The van der Waals surface area contributed by atoms with Gasteiger partial charge in [-0.25, -0.2) is 8.42 Å². The van der Waals surface area contributed by atoms with Gasteiger partial charge in [-0.2, -0.15) is 0 Å². The Balaban J connectivity index is 1.72. The third-order valence-corrected chi connectivity index (χ3v) is 6.30. The van der Waals surface area contributed by atoms with Gasteiger partial charge in [-0.05, 0) is 16.3 Å². The number of carbonyl (C=O) groups excluding carboxylic acids is 1. The molecule has 1 aromatic heterocycles. The Morgan fingerprint density at radius 3 is 2.44 bits per heavy atom. The number of carbonyl (C=O) groups is 1. The molecule has 3 aromatic rings. The maximum atomic E-state index is 12.9. The fraction of sp³-hybridized carbons (Fsp3) is 0.211. The van der Waals surface area contributed by atoms with Crippen molar-refractivity contribution in [2.24, 2.45) is 0 Å². The SMILES string of the molecule is O=C(c1c[nH]cc1-c1cccc2ccccc12)N1CCS(=O)(=O)CC1. The van der Waals surface area contributed by atoms with E-state index >= 15 is 0 Å². The highest BCUT2D eigenvalue weighted by Gasteiger charge is 2.27. The normalized spacial score (nSPS) is 16.9. The molecule has 1 aliphatic heterocycles. The van der Waals surface area contributed by atoms with Crippen LogP contribution in [0.2, 0.25) is 0 Å². The van der Waals surface area contributed by atoms with Crippen LogP contribution >= 0.6 is 0 Å². The molecule has 2 heterocycles. The number of fused-ring (bicyclic) bond motifs is 1. The Morgan fingerprint density at radius 2 is 1.64 bits per heavy atom. The maximum absolute atomic E-state index is 12.9. The predicted octanol–water partition coefficient (Wildman–Crippen LogP) is 2.71. The molecule has 1 fully saturated rings. The van der Waals surface area contributed by atoms with Crippen LogP contribution in [0, 0.1) is 0 Å². The molecule has 128 valence electrons. The van der Waals surface area contributed by atoms with Crippen LogP contribution in [-0.2, 0) is 9.84 Å². The summed E-state index contributed by atoms with van der Waals surface area (Å²) < 4.78 is 23.2. The number of aromatic amines is 1. The number of sulfone groups is 1. The predicted molar refractivity (Wildman–Crippen MR) is 98.3 cm³/mol. The lowest BCUT2D eigenvalue weighted by Crippen LogP contribution is -2.43. The first-order chi connectivity index (χ1) is 12.1. The summed E-state index contributed by atoms with van der Waals surface area (Å²) in [6.07, 6.45) is 3.53. The van der Waals surface area contributed by atoms with E-state index in [1.54, 1.807) is 11.1 Å². The molecule has 4 rings (SSSR count). The van der Waals surface area contributed by atoms with E-state index in [0.717, 1.165) is 21.9 Å². The molecule has 1 amide bonds. The molecule has 0 saturated carbocycles. The Hall–Kier alpha value is -2.60. The van der Waals surface area contributed by atoms with Crippen molar-refractivity contribution in [3.05, 3.63) is 60.4 Å². The number of nitrogens with zero attached hydrogens (tertiary/aromatic N) is 1. The van der Waals surface area contributed by atoms with Gasteiger partial charge in [0.25, 0.3) is 5.91 Å². The zero-order chi connectivity index (χ0) is 17.4. The second kappa shape index (κ2) is 6.04. The van der Waals surface area contributed by atoms with Crippen molar-refractivity contribution < 1.29 is 13.2 Å². The van der Waals surface area contributed by atoms with E-state index in [2.05, 4.69) is 4.98 Å². The topological polar surface area (TPSA) is 70.2 Å². The quantitative estimate of drug-likeness (QED) is 0.769. The Kier molecular flexibility index (Phi) is 3.84. The maximum Gasteiger partial charge on any atom is 0.256 e. The lowest BCUT2D eigenvalue weighted by atomic mass is 9.97. The third kappa shape index (κ3) is 2.93. The summed E-state index contributed by atoms with van der Waals surface area (Å²) >= 11 is 0. The average molecular weight is 354 g/mol. The summed E-state index contributed by atoms with van der Waals surface area (Å²) in [6.45, 7) is 0.503. The minimum absolute atomic E-state index is 0.0345. The number of rotatable bonds is 2. The van der Waals surface area contributed by atoms with E-state index in [1.165, 1.54) is 0 Å². The van der Waals surface area contributed by atoms with E-state index < -0.39 is 9.84 Å². The van der Waals surface area contributed by atoms with E-state index in [1.807, 2.05) is 48.7 Å². The minimum atomic E-state index is -3.01. The van der Waals surface area contributed by atoms with E-state index in [-0.39, 0.29) is 30.5 Å². The average Bonchev–Trinajstić information content (AvgIpc) is 3.10. The Bertz CT molecular complexity index is 1030. The van der Waals surface area contributed by atoms with E-state index in [4.69, 9.17) is 0 Å². The fourth-order valence-electron chi connectivity index (χ4n) is 3.31. The van der Waals surface area contributed by atoms with Gasteiger partial charge in [0.1, 0.15) is 0 Å². The summed E-state index contributed by atoms with van der Waals surface area (Å²) in [4.78, 5) is 17.6. The molecule has 0 aliphatic carbocycles. The molecule has 0 bridgehead atoms. The summed E-state index contributed by atoms with van der Waals surface area (Å²) in [6, 6.07) is 14.1. The number of H-pyrrole nitrogens is 1. The molecule has 5 nitrogen and oxygen atoms in total. The lowest BCUT2D eigenvalue weighted by Gasteiger charge is -2.26. The van der Waals surface area contributed by atoms with Crippen LogP contribution in [0.25, 0.3) is 21.9 Å². The molecule has 1 aliphatic rings. The fourth-order valence-corrected chi connectivity index (χ4v) is 4.51. The first kappa shape index (κ1) is 15.9. The largest absolute Gasteiger partial charge is 0.366 e. The van der Waals surface area contributed by atoms with Gasteiger partial charge in [0.15, 0.2) is 9.84 Å². The first-order valence-corrected chi connectivity index (χ1v) is 10.0. The van der Waals surface area contributed by atoms with Crippen molar-refractivity contribution >= 4 is 26.5 Å². The minimum Gasteiger partial charge on any atom is -0.366 e. The van der Waals surface area contributed by atoms with Gasteiger partial charge < -0.3 is 9.88 Å². The number of nitrogens with one attached hydrogen (secondary N) is 1. The third-order valence-electron chi connectivity index (χ3n) is 4.69. The van der Waals surface area contributed by atoms with E-state index in [9.17, 15) is 13.2 Å². The number of benzene rings is 2. The Labute approximate surface area is 146 Å². The smallest absolute Gasteiger partial charge is 0.256 e. The summed E-state index contributed by atoms with van der Waals surface area (Å²) in [7, 11) is -3.01. The summed E-state index contributed by atoms with van der Waals surface area (Å²) in [5.41, 5.74) is 2.42. The summed E-state index contributed by atoms with van der Waals surface area (Å²) in [5.74, 6) is -0.0569. The zero-order valence-corrected chi connectivity index (χ0v) is 14.4. The summed E-state index contributed by atoms with van der Waals surface area (Å²) in [5, 5.41) is 2.20. The van der Waals surface area contributed by atoms with Gasteiger partial charge >= 0.3 is 0 Å². The highest BCUT2D eigenvalue weighted by molar-refractivity contribution is 7.91. The van der Waals surface area contributed by atoms with Gasteiger partial charge in [0, 0.05) is 31.0 Å². The van der Waals surface area contributed by atoms with Crippen molar-refractivity contribution in [1.29, 1.82) is 0 Å². The molecule has 0 radical (unpaired) electrons. The van der Waals surface area contributed by atoms with Crippen molar-refractivity contribution in [2.45, 2.75) is 0 Å². The molecular formula is C19H18N2O3S. The van der Waals surface area contributed by atoms with Crippen LogP contribution in [0.1, 0.15) is 10.4 Å². The Morgan fingerprint density at radius 1 is 0.920 bits per heavy atom. The molecule has 1 saturated heterocycles. The molecule has 0 spiro atoms. The van der Waals surface area contributed by atoms with Crippen molar-refractivity contribution in [3.8, 4) is 11.1 Å². The number of amides is 1. The molecule has 0 unspecified atom stereocenters. The van der Waals surface area contributed by atoms with Gasteiger partial charge in [-0.1, -0.05) is 42.5 Å². The molecule has 1 N–H and O–H groups in total. The number of aromatic nitrogens is 1. The molecule has 25 heavy (non-hydrogen) atoms. The highest BCUT2D eigenvalue weighted by Crippen LogP contribution is 2.31. The van der Waals surface area contributed by atoms with E-state index in [0.29, 0.717) is 5.56 Å². The van der Waals surface area contributed by atoms with Crippen LogP contribution < -0.4 is 0 Å². The van der Waals surface area contributed by atoms with Gasteiger partial charge in [0.2, 0.25) is 0 Å².